The maximum Gasteiger partial charge on any atom is 0.140 e. The zero-order chi connectivity index (χ0) is 14.7. The number of halogens is 4. The van der Waals surface area contributed by atoms with E-state index in [0.29, 0.717) is 25.8 Å². The van der Waals surface area contributed by atoms with E-state index in [4.69, 9.17) is 56.9 Å². The van der Waals surface area contributed by atoms with Gasteiger partial charge < -0.3 is 10.5 Å². The summed E-state index contributed by atoms with van der Waals surface area (Å²) < 4.78 is 5.81. The van der Waals surface area contributed by atoms with E-state index >= 15 is 0 Å². The van der Waals surface area contributed by atoms with Crippen molar-refractivity contribution in [1.82, 2.24) is 0 Å². The van der Waals surface area contributed by atoms with Crippen molar-refractivity contribution >= 4 is 46.4 Å². The minimum atomic E-state index is -0.345. The fourth-order valence-electron chi connectivity index (χ4n) is 1.68. The Morgan fingerprint density at radius 1 is 0.900 bits per heavy atom. The van der Waals surface area contributed by atoms with Crippen LogP contribution in [0.5, 0.6) is 5.75 Å². The van der Waals surface area contributed by atoms with Crippen LogP contribution in [0.2, 0.25) is 20.1 Å². The van der Waals surface area contributed by atoms with Gasteiger partial charge in [-0.1, -0.05) is 58.5 Å². The normalized spacial score (nSPS) is 12.2. The molecule has 6 heteroatoms. The Bertz CT molecular complexity index is 601. The Morgan fingerprint density at radius 3 is 2.10 bits per heavy atom. The van der Waals surface area contributed by atoms with E-state index in [1.807, 2.05) is 12.1 Å². The molecule has 0 radical (unpaired) electrons. The summed E-state index contributed by atoms with van der Waals surface area (Å²) in [5.41, 5.74) is 6.65. The molecule has 0 amide bonds. The van der Waals surface area contributed by atoms with Crippen LogP contribution < -0.4 is 10.5 Å². The second-order valence-electron chi connectivity index (χ2n) is 4.09. The highest BCUT2D eigenvalue weighted by Crippen LogP contribution is 2.36. The van der Waals surface area contributed by atoms with Gasteiger partial charge in [0.25, 0.3) is 0 Å². The van der Waals surface area contributed by atoms with Crippen LogP contribution in [-0.4, -0.2) is 6.54 Å². The van der Waals surface area contributed by atoms with E-state index in [2.05, 4.69) is 0 Å². The summed E-state index contributed by atoms with van der Waals surface area (Å²) in [6, 6.07) is 10.4. The van der Waals surface area contributed by atoms with Crippen molar-refractivity contribution in [2.24, 2.45) is 5.73 Å². The molecule has 2 nitrogen and oxygen atoms in total. The molecule has 0 spiro atoms. The van der Waals surface area contributed by atoms with Crippen LogP contribution in [0, 0.1) is 0 Å². The molecule has 1 unspecified atom stereocenters. The van der Waals surface area contributed by atoms with Gasteiger partial charge in [-0.25, -0.2) is 0 Å². The highest BCUT2D eigenvalue weighted by Gasteiger charge is 2.15. The zero-order valence-electron chi connectivity index (χ0n) is 10.2. The highest BCUT2D eigenvalue weighted by molar-refractivity contribution is 6.43. The van der Waals surface area contributed by atoms with E-state index in [1.165, 1.54) is 6.07 Å². The van der Waals surface area contributed by atoms with Gasteiger partial charge in [0.15, 0.2) is 0 Å². The molecule has 2 aromatic carbocycles. The third-order valence-corrected chi connectivity index (χ3v) is 3.97. The summed E-state index contributed by atoms with van der Waals surface area (Å²) >= 11 is 23.8. The Kier molecular flexibility index (Phi) is 5.42. The van der Waals surface area contributed by atoms with Crippen molar-refractivity contribution in [1.29, 1.82) is 0 Å². The molecule has 0 heterocycles. The first kappa shape index (κ1) is 15.7. The molecule has 0 saturated heterocycles. The first-order valence-corrected chi connectivity index (χ1v) is 7.29. The molecule has 2 N–H and O–H groups in total. The molecule has 0 aromatic heterocycles. The van der Waals surface area contributed by atoms with Crippen molar-refractivity contribution in [2.45, 2.75) is 6.10 Å². The van der Waals surface area contributed by atoms with Crippen LogP contribution in [-0.2, 0) is 0 Å². The molecule has 0 bridgehead atoms. The number of hydrogen-bond acceptors (Lipinski definition) is 2. The van der Waals surface area contributed by atoms with Crippen molar-refractivity contribution in [3.05, 3.63) is 62.1 Å². The maximum absolute atomic E-state index is 6.09. The van der Waals surface area contributed by atoms with Gasteiger partial charge >= 0.3 is 0 Å². The average Bonchev–Trinajstić information content (AvgIpc) is 2.42. The smallest absolute Gasteiger partial charge is 0.140 e. The average molecular weight is 351 g/mol. The zero-order valence-corrected chi connectivity index (χ0v) is 13.3. The molecule has 0 aliphatic carbocycles. The minimum absolute atomic E-state index is 0.290. The summed E-state index contributed by atoms with van der Waals surface area (Å²) in [5.74, 6) is 0.437. The number of benzene rings is 2. The second kappa shape index (κ2) is 6.88. The van der Waals surface area contributed by atoms with Crippen LogP contribution in [0.4, 0.5) is 0 Å². The Labute approximate surface area is 137 Å². The van der Waals surface area contributed by atoms with Gasteiger partial charge in [0.1, 0.15) is 11.9 Å². The molecule has 0 aliphatic rings. The molecule has 1 atom stereocenters. The topological polar surface area (TPSA) is 35.2 Å². The van der Waals surface area contributed by atoms with Crippen LogP contribution in [0.1, 0.15) is 11.7 Å². The summed E-state index contributed by atoms with van der Waals surface area (Å²) in [5, 5.41) is 1.78. The predicted molar refractivity (Wildman–Crippen MR) is 85.3 cm³/mol. The largest absolute Gasteiger partial charge is 0.483 e. The first-order chi connectivity index (χ1) is 9.51. The lowest BCUT2D eigenvalue weighted by molar-refractivity contribution is 0.214. The van der Waals surface area contributed by atoms with Crippen LogP contribution in [0.25, 0.3) is 0 Å². The fourth-order valence-corrected chi connectivity index (χ4v) is 2.38. The number of rotatable bonds is 4. The Hall–Kier alpha value is -0.640. The third-order valence-electron chi connectivity index (χ3n) is 2.70. The molecule has 0 aliphatic heterocycles. The van der Waals surface area contributed by atoms with Gasteiger partial charge in [-0.2, -0.15) is 0 Å². The van der Waals surface area contributed by atoms with Gasteiger partial charge in [-0.05, 0) is 23.8 Å². The van der Waals surface area contributed by atoms with Crippen LogP contribution in [0.3, 0.4) is 0 Å². The minimum Gasteiger partial charge on any atom is -0.483 e. The molecule has 20 heavy (non-hydrogen) atoms. The molecule has 0 fully saturated rings. The van der Waals surface area contributed by atoms with E-state index in [0.717, 1.165) is 5.56 Å². The second-order valence-corrected chi connectivity index (χ2v) is 5.75. The van der Waals surface area contributed by atoms with E-state index in [1.54, 1.807) is 18.2 Å². The number of hydrogen-bond donors (Lipinski definition) is 1. The van der Waals surface area contributed by atoms with Crippen molar-refractivity contribution < 1.29 is 4.74 Å². The van der Waals surface area contributed by atoms with Crippen LogP contribution >= 0.6 is 46.4 Å². The Morgan fingerprint density at radius 2 is 1.50 bits per heavy atom. The Balaban J connectivity index is 2.26. The molecule has 2 rings (SSSR count). The van der Waals surface area contributed by atoms with E-state index in [9.17, 15) is 0 Å². The van der Waals surface area contributed by atoms with Crippen molar-refractivity contribution in [2.75, 3.05) is 6.54 Å². The quantitative estimate of drug-likeness (QED) is 0.751. The summed E-state index contributed by atoms with van der Waals surface area (Å²) in [6.45, 7) is 0.290. The third kappa shape index (κ3) is 3.72. The lowest BCUT2D eigenvalue weighted by atomic mass is 10.1. The van der Waals surface area contributed by atoms with Gasteiger partial charge in [-0.3, -0.25) is 0 Å². The summed E-state index contributed by atoms with van der Waals surface area (Å²) in [6.07, 6.45) is -0.345. The van der Waals surface area contributed by atoms with Crippen molar-refractivity contribution in [3.8, 4) is 5.75 Å². The van der Waals surface area contributed by atoms with Crippen LogP contribution in [0.15, 0.2) is 36.4 Å². The molecule has 2 aromatic rings. The SMILES string of the molecule is NCC(Oc1cc(Cl)c(Cl)cc1Cl)c1ccc(Cl)cc1. The lowest BCUT2D eigenvalue weighted by Gasteiger charge is -2.19. The lowest BCUT2D eigenvalue weighted by Crippen LogP contribution is -2.18. The van der Waals surface area contributed by atoms with Gasteiger partial charge in [0.05, 0.1) is 15.1 Å². The number of nitrogens with two attached hydrogens (primary N) is 1. The molecular formula is C14H11Cl4NO. The van der Waals surface area contributed by atoms with Gasteiger partial charge in [-0.15, -0.1) is 0 Å². The fraction of sp³-hybridized carbons (Fsp3) is 0.143. The predicted octanol–water partition coefficient (Wildman–Crippen LogP) is 5.38. The molecule has 0 saturated carbocycles. The van der Waals surface area contributed by atoms with Crippen molar-refractivity contribution in [3.63, 3.8) is 0 Å². The standard InChI is InChI=1S/C14H11Cl4NO/c15-9-3-1-8(2-4-9)14(7-19)20-13-6-11(17)10(16)5-12(13)18/h1-6,14H,7,19H2. The summed E-state index contributed by atoms with van der Waals surface area (Å²) in [4.78, 5) is 0. The van der Waals surface area contributed by atoms with E-state index < -0.39 is 0 Å². The van der Waals surface area contributed by atoms with Gasteiger partial charge in [0.2, 0.25) is 0 Å². The highest BCUT2D eigenvalue weighted by atomic mass is 35.5. The monoisotopic (exact) mass is 349 g/mol. The first-order valence-electron chi connectivity index (χ1n) is 5.78. The van der Waals surface area contributed by atoms with E-state index in [-0.39, 0.29) is 12.6 Å². The maximum atomic E-state index is 6.09. The number of ether oxygens (including phenoxy) is 1. The summed E-state index contributed by atoms with van der Waals surface area (Å²) in [7, 11) is 0. The molecular weight excluding hydrogens is 340 g/mol. The van der Waals surface area contributed by atoms with Gasteiger partial charge in [0, 0.05) is 17.6 Å². The molecule has 106 valence electrons.